The van der Waals surface area contributed by atoms with E-state index < -0.39 is 0 Å². The number of nitrogens with zero attached hydrogens (tertiary/aromatic N) is 2. The zero-order valence-corrected chi connectivity index (χ0v) is 12.1. The number of nitrogens with one attached hydrogen (secondary N) is 1. The van der Waals surface area contributed by atoms with Crippen molar-refractivity contribution in [2.75, 3.05) is 0 Å². The van der Waals surface area contributed by atoms with Gasteiger partial charge >= 0.3 is 0 Å². The lowest BCUT2D eigenvalue weighted by molar-refractivity contribution is 1.05. The molecule has 0 aliphatic heterocycles. The summed E-state index contributed by atoms with van der Waals surface area (Å²) in [5.74, 6) is 0. The molecule has 0 fully saturated rings. The summed E-state index contributed by atoms with van der Waals surface area (Å²) < 4.78 is 2.64. The number of hydrogen-bond donors (Lipinski definition) is 1. The van der Waals surface area contributed by atoms with E-state index in [4.69, 9.17) is 17.5 Å². The predicted molar refractivity (Wildman–Crippen MR) is 82.6 cm³/mol. The first-order valence-electron chi connectivity index (χ1n) is 6.33. The number of fused-ring (bicyclic) bond motifs is 1. The molecule has 4 heteroatoms. The van der Waals surface area contributed by atoms with Crippen LogP contribution in [0.3, 0.4) is 0 Å². The fraction of sp³-hybridized carbons (Fsp3) is 0.125. The van der Waals surface area contributed by atoms with Crippen molar-refractivity contribution in [3.05, 3.63) is 57.9 Å². The molecule has 0 saturated carbocycles. The number of aromatic amines is 1. The van der Waals surface area contributed by atoms with Gasteiger partial charge in [0.1, 0.15) is 0 Å². The van der Waals surface area contributed by atoms with E-state index in [-0.39, 0.29) is 0 Å². The summed E-state index contributed by atoms with van der Waals surface area (Å²) >= 11 is 5.46. The minimum absolute atomic E-state index is 0.634. The first-order chi connectivity index (χ1) is 9.61. The summed E-state index contributed by atoms with van der Waals surface area (Å²) in [5, 5.41) is 9.08. The molecule has 3 rings (SSSR count). The van der Waals surface area contributed by atoms with Gasteiger partial charge in [-0.1, -0.05) is 18.2 Å². The second-order valence-electron chi connectivity index (χ2n) is 4.85. The van der Waals surface area contributed by atoms with Crippen LogP contribution in [-0.2, 0) is 0 Å². The largest absolute Gasteiger partial charge is 0.330 e. The van der Waals surface area contributed by atoms with Crippen LogP contribution in [0.5, 0.6) is 0 Å². The lowest BCUT2D eigenvalue weighted by atomic mass is 10.1. The van der Waals surface area contributed by atoms with Gasteiger partial charge in [-0.3, -0.25) is 4.57 Å². The van der Waals surface area contributed by atoms with E-state index >= 15 is 0 Å². The van der Waals surface area contributed by atoms with Gasteiger partial charge in [0.15, 0.2) is 4.77 Å². The normalized spacial score (nSPS) is 10.7. The molecule has 0 aliphatic carbocycles. The van der Waals surface area contributed by atoms with E-state index in [1.165, 1.54) is 0 Å². The Morgan fingerprint density at radius 2 is 1.95 bits per heavy atom. The van der Waals surface area contributed by atoms with Crippen LogP contribution in [0.2, 0.25) is 0 Å². The third kappa shape index (κ3) is 1.84. The van der Waals surface area contributed by atoms with Gasteiger partial charge in [0.2, 0.25) is 0 Å². The number of aryl methyl sites for hydroxylation is 2. The molecule has 3 nitrogen and oxygen atoms in total. The minimum atomic E-state index is 0.634. The van der Waals surface area contributed by atoms with Gasteiger partial charge in [-0.25, -0.2) is 0 Å². The van der Waals surface area contributed by atoms with E-state index in [0.717, 1.165) is 27.8 Å². The van der Waals surface area contributed by atoms with Gasteiger partial charge < -0.3 is 4.98 Å². The molecule has 1 N–H and O–H groups in total. The van der Waals surface area contributed by atoms with E-state index in [1.807, 2.05) is 41.8 Å². The first kappa shape index (κ1) is 12.6. The molecule has 0 amide bonds. The Labute approximate surface area is 122 Å². The molecule has 1 heterocycles. The number of aromatic nitrogens is 2. The number of H-pyrrole nitrogens is 1. The van der Waals surface area contributed by atoms with Crippen LogP contribution >= 0.6 is 12.2 Å². The monoisotopic (exact) mass is 279 g/mol. The molecule has 0 aliphatic rings. The van der Waals surface area contributed by atoms with Crippen molar-refractivity contribution >= 4 is 23.3 Å². The highest BCUT2D eigenvalue weighted by molar-refractivity contribution is 7.71. The summed E-state index contributed by atoms with van der Waals surface area (Å²) in [7, 11) is 0. The number of nitriles is 1. The number of rotatable bonds is 1. The van der Waals surface area contributed by atoms with E-state index in [0.29, 0.717) is 10.3 Å². The fourth-order valence-electron chi connectivity index (χ4n) is 2.43. The highest BCUT2D eigenvalue weighted by atomic mass is 32.1. The molecule has 0 bridgehead atoms. The molecule has 98 valence electrons. The van der Waals surface area contributed by atoms with Gasteiger partial charge in [0.05, 0.1) is 28.4 Å². The molecule has 1 aromatic heterocycles. The van der Waals surface area contributed by atoms with Gasteiger partial charge in [-0.15, -0.1) is 0 Å². The molecule has 0 radical (unpaired) electrons. The maximum atomic E-state index is 9.08. The summed E-state index contributed by atoms with van der Waals surface area (Å²) in [6, 6.07) is 13.9. The standard InChI is InChI=1S/C16H13N3S/c1-10-6-7-12(9-17)8-14(10)19-13-5-3-4-11(2)15(13)18-16(19)20/h3-8H,1-2H3,(H,18,20). The maximum Gasteiger partial charge on any atom is 0.182 e. The summed E-state index contributed by atoms with van der Waals surface area (Å²) in [5.41, 5.74) is 5.90. The highest BCUT2D eigenvalue weighted by Gasteiger charge is 2.10. The Morgan fingerprint density at radius 1 is 1.15 bits per heavy atom. The topological polar surface area (TPSA) is 44.5 Å². The third-order valence-electron chi connectivity index (χ3n) is 3.51. The van der Waals surface area contributed by atoms with Gasteiger partial charge in [-0.2, -0.15) is 5.26 Å². The quantitative estimate of drug-likeness (QED) is 0.679. The van der Waals surface area contributed by atoms with E-state index in [2.05, 4.69) is 24.0 Å². The Bertz CT molecular complexity index is 910. The lowest BCUT2D eigenvalue weighted by Crippen LogP contribution is -1.98. The van der Waals surface area contributed by atoms with Crippen molar-refractivity contribution in [3.63, 3.8) is 0 Å². The Balaban J connectivity index is 2.42. The smallest absolute Gasteiger partial charge is 0.182 e. The van der Waals surface area contributed by atoms with Crippen molar-refractivity contribution in [3.8, 4) is 11.8 Å². The number of hydrogen-bond acceptors (Lipinski definition) is 2. The average Bonchev–Trinajstić information content (AvgIpc) is 2.77. The third-order valence-corrected chi connectivity index (χ3v) is 3.79. The maximum absolute atomic E-state index is 9.08. The van der Waals surface area contributed by atoms with Crippen LogP contribution in [0, 0.1) is 29.9 Å². The Hall–Kier alpha value is -2.38. The zero-order valence-electron chi connectivity index (χ0n) is 11.3. The van der Waals surface area contributed by atoms with Crippen molar-refractivity contribution < 1.29 is 0 Å². The molecular weight excluding hydrogens is 266 g/mol. The Morgan fingerprint density at radius 3 is 2.70 bits per heavy atom. The minimum Gasteiger partial charge on any atom is -0.330 e. The molecular formula is C16H13N3S. The van der Waals surface area contributed by atoms with Crippen LogP contribution in [0.4, 0.5) is 0 Å². The molecule has 20 heavy (non-hydrogen) atoms. The zero-order chi connectivity index (χ0) is 14.3. The van der Waals surface area contributed by atoms with Crippen LogP contribution in [-0.4, -0.2) is 9.55 Å². The SMILES string of the molecule is Cc1ccc(C#N)cc1-n1c(=S)[nH]c2c(C)cccc21. The predicted octanol–water partition coefficient (Wildman–Crippen LogP) is 4.18. The summed E-state index contributed by atoms with van der Waals surface area (Å²) in [6.07, 6.45) is 0. The van der Waals surface area contributed by atoms with Crippen molar-refractivity contribution in [2.24, 2.45) is 0 Å². The van der Waals surface area contributed by atoms with Crippen LogP contribution < -0.4 is 0 Å². The lowest BCUT2D eigenvalue weighted by Gasteiger charge is -2.09. The van der Waals surface area contributed by atoms with E-state index in [9.17, 15) is 0 Å². The molecule has 0 atom stereocenters. The van der Waals surface area contributed by atoms with Gasteiger partial charge in [0.25, 0.3) is 0 Å². The summed E-state index contributed by atoms with van der Waals surface area (Å²) in [4.78, 5) is 3.25. The van der Waals surface area contributed by atoms with Gasteiger partial charge in [-0.05, 0) is 55.4 Å². The van der Waals surface area contributed by atoms with Crippen LogP contribution in [0.15, 0.2) is 36.4 Å². The highest BCUT2D eigenvalue weighted by Crippen LogP contribution is 2.24. The average molecular weight is 279 g/mol. The molecule has 0 spiro atoms. The second-order valence-corrected chi connectivity index (χ2v) is 5.23. The Kier molecular flexibility index (Phi) is 2.92. The van der Waals surface area contributed by atoms with Crippen molar-refractivity contribution in [1.82, 2.24) is 9.55 Å². The van der Waals surface area contributed by atoms with E-state index in [1.54, 1.807) is 0 Å². The number of benzene rings is 2. The molecule has 0 unspecified atom stereocenters. The van der Waals surface area contributed by atoms with Crippen molar-refractivity contribution in [2.45, 2.75) is 13.8 Å². The molecule has 0 saturated heterocycles. The number of para-hydroxylation sites is 1. The second kappa shape index (κ2) is 4.62. The first-order valence-corrected chi connectivity index (χ1v) is 6.74. The molecule has 3 aromatic rings. The summed E-state index contributed by atoms with van der Waals surface area (Å²) in [6.45, 7) is 4.07. The fourth-order valence-corrected chi connectivity index (χ4v) is 2.73. The van der Waals surface area contributed by atoms with Crippen LogP contribution in [0.25, 0.3) is 16.7 Å². The van der Waals surface area contributed by atoms with Gasteiger partial charge in [0, 0.05) is 0 Å². The molecule has 2 aromatic carbocycles. The van der Waals surface area contributed by atoms with Crippen molar-refractivity contribution in [1.29, 1.82) is 5.26 Å². The van der Waals surface area contributed by atoms with Crippen LogP contribution in [0.1, 0.15) is 16.7 Å². The number of imidazole rings is 1.